The van der Waals surface area contributed by atoms with Crippen molar-refractivity contribution in [3.8, 4) is 28.7 Å². The predicted octanol–water partition coefficient (Wildman–Crippen LogP) is 6.18. The van der Waals surface area contributed by atoms with Gasteiger partial charge in [-0.1, -0.05) is 41.9 Å². The first kappa shape index (κ1) is 22.0. The maximum absolute atomic E-state index is 12.6. The summed E-state index contributed by atoms with van der Waals surface area (Å²) in [5.41, 5.74) is 1.76. The van der Waals surface area contributed by atoms with Crippen molar-refractivity contribution >= 4 is 45.7 Å². The maximum atomic E-state index is 12.6. The lowest BCUT2D eigenvalue weighted by Crippen LogP contribution is -2.13. The Balaban J connectivity index is 1.51. The summed E-state index contributed by atoms with van der Waals surface area (Å²) in [7, 11) is 0. The number of carbonyl (C=O) groups excluding carboxylic acids is 1. The van der Waals surface area contributed by atoms with E-state index in [1.54, 1.807) is 12.1 Å². The average Bonchev–Trinajstić information content (AvgIpc) is 3.47. The monoisotopic (exact) mass is 476 g/mol. The largest absolute Gasteiger partial charge is 0.457 e. The molecule has 1 N–H and O–H groups in total. The maximum Gasteiger partial charge on any atom is 0.270 e. The van der Waals surface area contributed by atoms with Gasteiger partial charge in [-0.2, -0.15) is 5.26 Å². The molecule has 0 aliphatic carbocycles. The molecule has 162 valence electrons. The van der Waals surface area contributed by atoms with Crippen molar-refractivity contribution in [2.45, 2.75) is 0 Å². The van der Waals surface area contributed by atoms with Gasteiger partial charge >= 0.3 is 0 Å². The number of furan rings is 1. The lowest BCUT2D eigenvalue weighted by molar-refractivity contribution is -0.384. The van der Waals surface area contributed by atoms with Crippen LogP contribution in [-0.2, 0) is 4.79 Å². The summed E-state index contributed by atoms with van der Waals surface area (Å²) in [4.78, 5) is 27.3. The average molecular weight is 477 g/mol. The second kappa shape index (κ2) is 9.48. The second-order valence-corrected chi connectivity index (χ2v) is 7.92. The Bertz CT molecular complexity index is 1420. The first-order valence-electron chi connectivity index (χ1n) is 9.43. The molecule has 2 aromatic heterocycles. The third-order valence-corrected chi connectivity index (χ3v) is 5.57. The van der Waals surface area contributed by atoms with Crippen molar-refractivity contribution in [1.82, 2.24) is 4.98 Å². The molecule has 0 aliphatic heterocycles. The summed E-state index contributed by atoms with van der Waals surface area (Å²) >= 11 is 7.38. The van der Waals surface area contributed by atoms with Crippen LogP contribution in [0, 0.1) is 21.4 Å². The minimum atomic E-state index is -0.627. The third kappa shape index (κ3) is 4.98. The van der Waals surface area contributed by atoms with Crippen molar-refractivity contribution in [2.75, 3.05) is 5.32 Å². The Hall–Kier alpha value is -4.26. The second-order valence-electron chi connectivity index (χ2n) is 6.65. The molecule has 0 saturated carbocycles. The van der Waals surface area contributed by atoms with Crippen LogP contribution in [0.25, 0.3) is 28.7 Å². The van der Waals surface area contributed by atoms with Crippen LogP contribution in [0.2, 0.25) is 5.02 Å². The number of benzene rings is 2. The minimum absolute atomic E-state index is 0.142. The van der Waals surface area contributed by atoms with E-state index in [-0.39, 0.29) is 22.0 Å². The zero-order valence-electron chi connectivity index (χ0n) is 16.7. The number of thiazole rings is 1. The molecule has 33 heavy (non-hydrogen) atoms. The number of aromatic nitrogens is 1. The Morgan fingerprint density at radius 3 is 2.70 bits per heavy atom. The normalized spacial score (nSPS) is 11.1. The molecule has 0 aliphatic rings. The van der Waals surface area contributed by atoms with Crippen LogP contribution < -0.4 is 5.32 Å². The topological polar surface area (TPSA) is 122 Å². The van der Waals surface area contributed by atoms with Crippen LogP contribution in [0.15, 0.2) is 76.0 Å². The van der Waals surface area contributed by atoms with Gasteiger partial charge < -0.3 is 4.42 Å². The predicted molar refractivity (Wildman–Crippen MR) is 126 cm³/mol. The van der Waals surface area contributed by atoms with Gasteiger partial charge in [-0.15, -0.1) is 11.3 Å². The molecule has 1 amide bonds. The zero-order chi connectivity index (χ0) is 23.4. The lowest BCUT2D eigenvalue weighted by atomic mass is 10.1. The molecule has 2 heterocycles. The third-order valence-electron chi connectivity index (χ3n) is 4.50. The summed E-state index contributed by atoms with van der Waals surface area (Å²) < 4.78 is 5.67. The standard InChI is InChI=1S/C23H13ClN4O4S/c24-19-11-16(28(30)31)6-8-18(19)21-9-7-17(32-21)10-15(12-25)22(29)27-23-26-20(13-33-23)14-4-2-1-3-5-14/h1-11,13H,(H,26,27,29)/b15-10-. The molecule has 4 rings (SSSR count). The quantitative estimate of drug-likeness (QED) is 0.153. The van der Waals surface area contributed by atoms with Gasteiger partial charge in [0.1, 0.15) is 23.2 Å². The molecule has 0 spiro atoms. The highest BCUT2D eigenvalue weighted by Crippen LogP contribution is 2.33. The molecule has 8 nitrogen and oxygen atoms in total. The van der Waals surface area contributed by atoms with Crippen LogP contribution in [-0.4, -0.2) is 15.8 Å². The zero-order valence-corrected chi connectivity index (χ0v) is 18.3. The van der Waals surface area contributed by atoms with Crippen molar-refractivity contribution < 1.29 is 14.1 Å². The lowest BCUT2D eigenvalue weighted by Gasteiger charge is -2.01. The number of nitrogens with one attached hydrogen (secondary N) is 1. The SMILES string of the molecule is N#C/C(=C/c1ccc(-c2ccc([N+](=O)[O-])cc2Cl)o1)C(=O)Nc1nc(-c2ccccc2)cs1. The number of amides is 1. The van der Waals surface area contributed by atoms with Gasteiger partial charge in [0.15, 0.2) is 5.13 Å². The number of nitriles is 1. The minimum Gasteiger partial charge on any atom is -0.457 e. The van der Waals surface area contributed by atoms with Crippen molar-refractivity contribution in [3.05, 3.63) is 92.5 Å². The number of hydrogen-bond donors (Lipinski definition) is 1. The van der Waals surface area contributed by atoms with Gasteiger partial charge in [0, 0.05) is 34.7 Å². The van der Waals surface area contributed by atoms with E-state index >= 15 is 0 Å². The molecule has 0 unspecified atom stereocenters. The first-order chi connectivity index (χ1) is 15.9. The number of anilines is 1. The van der Waals surface area contributed by atoms with E-state index < -0.39 is 10.8 Å². The summed E-state index contributed by atoms with van der Waals surface area (Å²) in [6, 6.07) is 18.5. The molecule has 0 bridgehead atoms. The molecular weight excluding hydrogens is 464 g/mol. The van der Waals surface area contributed by atoms with Gasteiger partial charge in [-0.3, -0.25) is 20.2 Å². The van der Waals surface area contributed by atoms with E-state index in [0.717, 1.165) is 5.56 Å². The van der Waals surface area contributed by atoms with Gasteiger partial charge in [0.25, 0.3) is 11.6 Å². The number of halogens is 1. The highest BCUT2D eigenvalue weighted by molar-refractivity contribution is 7.14. The number of carbonyl (C=O) groups is 1. The number of nitrogens with zero attached hydrogens (tertiary/aromatic N) is 3. The Morgan fingerprint density at radius 2 is 2.00 bits per heavy atom. The van der Waals surface area contributed by atoms with E-state index in [4.69, 9.17) is 16.0 Å². The molecule has 2 aromatic carbocycles. The molecular formula is C23H13ClN4O4S. The summed E-state index contributed by atoms with van der Waals surface area (Å²) in [6.07, 6.45) is 1.30. The summed E-state index contributed by atoms with van der Waals surface area (Å²) in [5.74, 6) is -0.0423. The van der Waals surface area contributed by atoms with Crippen molar-refractivity contribution in [1.29, 1.82) is 5.26 Å². The summed E-state index contributed by atoms with van der Waals surface area (Å²) in [6.45, 7) is 0. The number of non-ortho nitro benzene ring substituents is 1. The Labute approximate surface area is 196 Å². The number of nitro benzene ring substituents is 1. The van der Waals surface area contributed by atoms with Gasteiger partial charge in [-0.05, 0) is 18.2 Å². The number of rotatable bonds is 6. The van der Waals surface area contributed by atoms with Crippen LogP contribution in [0.4, 0.5) is 10.8 Å². The number of hydrogen-bond acceptors (Lipinski definition) is 7. The fraction of sp³-hybridized carbons (Fsp3) is 0. The van der Waals surface area contributed by atoms with E-state index in [1.807, 2.05) is 41.8 Å². The molecule has 0 radical (unpaired) electrons. The molecule has 0 saturated heterocycles. The number of nitro groups is 1. The highest BCUT2D eigenvalue weighted by Gasteiger charge is 2.16. The van der Waals surface area contributed by atoms with Gasteiger partial charge in [0.2, 0.25) is 0 Å². The first-order valence-corrected chi connectivity index (χ1v) is 10.7. The van der Waals surface area contributed by atoms with Crippen molar-refractivity contribution in [3.63, 3.8) is 0 Å². The highest BCUT2D eigenvalue weighted by atomic mass is 35.5. The fourth-order valence-corrected chi connectivity index (χ4v) is 3.90. The van der Waals surface area contributed by atoms with E-state index in [9.17, 15) is 20.2 Å². The fourth-order valence-electron chi connectivity index (χ4n) is 2.92. The van der Waals surface area contributed by atoms with Crippen LogP contribution >= 0.6 is 22.9 Å². The molecule has 4 aromatic rings. The van der Waals surface area contributed by atoms with Crippen LogP contribution in [0.1, 0.15) is 5.76 Å². The van der Waals surface area contributed by atoms with E-state index in [0.29, 0.717) is 22.1 Å². The smallest absolute Gasteiger partial charge is 0.270 e. The Morgan fingerprint density at radius 1 is 1.21 bits per heavy atom. The van der Waals surface area contributed by atoms with Gasteiger partial charge in [-0.25, -0.2) is 4.98 Å². The van der Waals surface area contributed by atoms with Gasteiger partial charge in [0.05, 0.1) is 15.6 Å². The molecule has 10 heteroatoms. The molecule has 0 atom stereocenters. The summed E-state index contributed by atoms with van der Waals surface area (Å²) in [5, 5.41) is 25.3. The van der Waals surface area contributed by atoms with Crippen LogP contribution in [0.5, 0.6) is 0 Å². The van der Waals surface area contributed by atoms with Crippen molar-refractivity contribution in [2.24, 2.45) is 0 Å². The van der Waals surface area contributed by atoms with E-state index in [2.05, 4.69) is 10.3 Å². The van der Waals surface area contributed by atoms with E-state index in [1.165, 1.54) is 35.6 Å². The Kier molecular flexibility index (Phi) is 6.31. The van der Waals surface area contributed by atoms with Crippen LogP contribution in [0.3, 0.4) is 0 Å². The molecule has 0 fully saturated rings.